The molecule has 0 saturated carbocycles. The molecule has 0 bridgehead atoms. The molecule has 3 nitrogen and oxygen atoms in total. The summed E-state index contributed by atoms with van der Waals surface area (Å²) in [5.41, 5.74) is 2.24. The summed E-state index contributed by atoms with van der Waals surface area (Å²) in [5.74, 6) is 0.194. The van der Waals surface area contributed by atoms with Gasteiger partial charge in [0.25, 0.3) is 6.29 Å². The lowest BCUT2D eigenvalue weighted by Crippen LogP contribution is -2.17. The van der Waals surface area contributed by atoms with Crippen molar-refractivity contribution in [1.82, 2.24) is 0 Å². The third-order valence-corrected chi connectivity index (χ3v) is 5.07. The van der Waals surface area contributed by atoms with Crippen molar-refractivity contribution in [3.63, 3.8) is 0 Å². The standard InChI is InChI=1S/C16H10Br2O3/c17-13-14(18)16(21-15(13)19)20-12-8-6-11(7-9-12)10-4-2-1-3-5-10/h1-9,16H. The van der Waals surface area contributed by atoms with Gasteiger partial charge >= 0.3 is 5.97 Å². The van der Waals surface area contributed by atoms with E-state index in [9.17, 15) is 4.79 Å². The first-order valence-electron chi connectivity index (χ1n) is 6.23. The molecule has 0 spiro atoms. The summed E-state index contributed by atoms with van der Waals surface area (Å²) in [4.78, 5) is 11.4. The van der Waals surface area contributed by atoms with Gasteiger partial charge in [-0.1, -0.05) is 42.5 Å². The molecule has 1 atom stereocenters. The lowest BCUT2D eigenvalue weighted by molar-refractivity contribution is -0.148. The van der Waals surface area contributed by atoms with Gasteiger partial charge in [-0.05, 0) is 55.1 Å². The Morgan fingerprint density at radius 1 is 0.905 bits per heavy atom. The Bertz CT molecular complexity index is 693. The molecule has 1 aliphatic heterocycles. The van der Waals surface area contributed by atoms with Crippen LogP contribution in [-0.2, 0) is 9.53 Å². The number of hydrogen-bond acceptors (Lipinski definition) is 3. The normalized spacial score (nSPS) is 17.8. The molecule has 0 fully saturated rings. The van der Waals surface area contributed by atoms with Gasteiger partial charge in [0, 0.05) is 0 Å². The maximum absolute atomic E-state index is 11.4. The summed E-state index contributed by atoms with van der Waals surface area (Å²) >= 11 is 6.42. The highest BCUT2D eigenvalue weighted by Gasteiger charge is 2.32. The molecule has 2 aromatic carbocycles. The fourth-order valence-corrected chi connectivity index (χ4v) is 2.59. The van der Waals surface area contributed by atoms with Crippen molar-refractivity contribution in [2.24, 2.45) is 0 Å². The van der Waals surface area contributed by atoms with Crippen LogP contribution < -0.4 is 4.74 Å². The van der Waals surface area contributed by atoms with E-state index in [1.54, 1.807) is 0 Å². The Kier molecular flexibility index (Phi) is 4.12. The summed E-state index contributed by atoms with van der Waals surface area (Å²) in [5, 5.41) is 0. The summed E-state index contributed by atoms with van der Waals surface area (Å²) in [6, 6.07) is 17.7. The number of rotatable bonds is 3. The summed E-state index contributed by atoms with van der Waals surface area (Å²) in [6.07, 6.45) is -0.741. The molecule has 106 valence electrons. The van der Waals surface area contributed by atoms with Gasteiger partial charge < -0.3 is 9.47 Å². The van der Waals surface area contributed by atoms with E-state index in [-0.39, 0.29) is 0 Å². The highest BCUT2D eigenvalue weighted by Crippen LogP contribution is 2.33. The van der Waals surface area contributed by atoms with Crippen LogP contribution in [0.25, 0.3) is 11.1 Å². The SMILES string of the molecule is O=C1OC(Oc2ccc(-c3ccccc3)cc2)C(Br)=C1Br. The molecule has 1 heterocycles. The summed E-state index contributed by atoms with van der Waals surface area (Å²) in [7, 11) is 0. The van der Waals surface area contributed by atoms with Crippen molar-refractivity contribution in [2.45, 2.75) is 6.29 Å². The maximum Gasteiger partial charge on any atom is 0.349 e. The molecule has 21 heavy (non-hydrogen) atoms. The molecule has 1 aliphatic rings. The van der Waals surface area contributed by atoms with Crippen LogP contribution in [0, 0.1) is 0 Å². The molecule has 1 unspecified atom stereocenters. The number of hydrogen-bond donors (Lipinski definition) is 0. The summed E-state index contributed by atoms with van der Waals surface area (Å²) < 4.78 is 11.6. The number of esters is 1. The van der Waals surface area contributed by atoms with Crippen molar-refractivity contribution in [3.8, 4) is 16.9 Å². The third kappa shape index (κ3) is 3.04. The van der Waals surface area contributed by atoms with Gasteiger partial charge in [-0.2, -0.15) is 0 Å². The van der Waals surface area contributed by atoms with Gasteiger partial charge in [0.2, 0.25) is 0 Å². The molecule has 0 radical (unpaired) electrons. The zero-order valence-corrected chi connectivity index (χ0v) is 13.9. The van der Waals surface area contributed by atoms with Crippen LogP contribution in [0.3, 0.4) is 0 Å². The van der Waals surface area contributed by atoms with Gasteiger partial charge in [-0.3, -0.25) is 0 Å². The van der Waals surface area contributed by atoms with Gasteiger partial charge in [0.05, 0.1) is 4.48 Å². The second kappa shape index (κ2) is 6.03. The zero-order valence-electron chi connectivity index (χ0n) is 10.8. The highest BCUT2D eigenvalue weighted by molar-refractivity contribution is 9.14. The molecule has 0 N–H and O–H groups in total. The van der Waals surface area contributed by atoms with E-state index in [4.69, 9.17) is 9.47 Å². The topological polar surface area (TPSA) is 35.5 Å². The predicted octanol–water partition coefficient (Wildman–Crippen LogP) is 4.62. The van der Waals surface area contributed by atoms with E-state index in [0.29, 0.717) is 14.7 Å². The van der Waals surface area contributed by atoms with Gasteiger partial charge in [-0.15, -0.1) is 0 Å². The molecule has 2 aromatic rings. The maximum atomic E-state index is 11.4. The number of ether oxygens (including phenoxy) is 2. The Hall–Kier alpha value is -1.59. The van der Waals surface area contributed by atoms with Crippen LogP contribution in [-0.4, -0.2) is 12.3 Å². The van der Waals surface area contributed by atoms with Crippen molar-refractivity contribution in [2.75, 3.05) is 0 Å². The van der Waals surface area contributed by atoms with Crippen molar-refractivity contribution in [3.05, 3.63) is 63.6 Å². The van der Waals surface area contributed by atoms with Crippen LogP contribution in [0.15, 0.2) is 63.6 Å². The van der Waals surface area contributed by atoms with Gasteiger partial charge in [-0.25, -0.2) is 4.79 Å². The van der Waals surface area contributed by atoms with Crippen molar-refractivity contribution >= 4 is 37.8 Å². The van der Waals surface area contributed by atoms with Crippen molar-refractivity contribution in [1.29, 1.82) is 0 Å². The number of carbonyl (C=O) groups excluding carboxylic acids is 1. The van der Waals surface area contributed by atoms with Crippen LogP contribution in [0.2, 0.25) is 0 Å². The second-order valence-corrected chi connectivity index (χ2v) is 6.05. The molecular formula is C16H10Br2O3. The average Bonchev–Trinajstić information content (AvgIpc) is 2.76. The van der Waals surface area contributed by atoms with Gasteiger partial charge in [0.1, 0.15) is 10.2 Å². The van der Waals surface area contributed by atoms with Crippen LogP contribution in [0.4, 0.5) is 0 Å². The minimum absolute atomic E-state index is 0.355. The summed E-state index contributed by atoms with van der Waals surface area (Å²) in [6.45, 7) is 0. The lowest BCUT2D eigenvalue weighted by Gasteiger charge is -2.13. The second-order valence-electron chi connectivity index (χ2n) is 4.41. The molecule has 0 aromatic heterocycles. The van der Waals surface area contributed by atoms with E-state index in [1.165, 1.54) is 0 Å². The molecule has 3 rings (SSSR count). The van der Waals surface area contributed by atoms with Crippen molar-refractivity contribution < 1.29 is 14.3 Å². The largest absolute Gasteiger partial charge is 0.450 e. The average molecular weight is 410 g/mol. The van der Waals surface area contributed by atoms with E-state index >= 15 is 0 Å². The predicted molar refractivity (Wildman–Crippen MR) is 87.3 cm³/mol. The molecule has 0 amide bonds. The van der Waals surface area contributed by atoms with Gasteiger partial charge in [0.15, 0.2) is 0 Å². The zero-order chi connectivity index (χ0) is 14.8. The van der Waals surface area contributed by atoms with E-state index in [2.05, 4.69) is 31.9 Å². The lowest BCUT2D eigenvalue weighted by atomic mass is 10.1. The third-order valence-electron chi connectivity index (χ3n) is 3.01. The number of carbonyl (C=O) groups is 1. The quantitative estimate of drug-likeness (QED) is 0.694. The van der Waals surface area contributed by atoms with E-state index in [1.807, 2.05) is 54.6 Å². The Morgan fingerprint density at radius 3 is 2.10 bits per heavy atom. The Morgan fingerprint density at radius 2 is 1.52 bits per heavy atom. The fraction of sp³-hybridized carbons (Fsp3) is 0.0625. The number of benzene rings is 2. The minimum Gasteiger partial charge on any atom is -0.450 e. The Balaban J connectivity index is 1.76. The van der Waals surface area contributed by atoms with Crippen LogP contribution in [0.1, 0.15) is 0 Å². The monoisotopic (exact) mass is 408 g/mol. The highest BCUT2D eigenvalue weighted by atomic mass is 79.9. The first-order valence-corrected chi connectivity index (χ1v) is 7.82. The molecule has 0 aliphatic carbocycles. The molecule has 0 saturated heterocycles. The number of cyclic esters (lactones) is 1. The van der Waals surface area contributed by atoms with E-state index < -0.39 is 12.3 Å². The fourth-order valence-electron chi connectivity index (χ4n) is 1.96. The first kappa shape index (κ1) is 14.4. The smallest absolute Gasteiger partial charge is 0.349 e. The van der Waals surface area contributed by atoms with E-state index in [0.717, 1.165) is 11.1 Å². The molecular weight excluding hydrogens is 400 g/mol. The number of halogens is 2. The Labute approximate surface area is 138 Å². The van der Waals surface area contributed by atoms with Crippen LogP contribution >= 0.6 is 31.9 Å². The first-order chi connectivity index (χ1) is 10.1. The van der Waals surface area contributed by atoms with Crippen LogP contribution in [0.5, 0.6) is 5.75 Å². The minimum atomic E-state index is -0.741. The molecule has 5 heteroatoms.